The van der Waals surface area contributed by atoms with Gasteiger partial charge in [0.25, 0.3) is 5.91 Å². The van der Waals surface area contributed by atoms with Gasteiger partial charge in [-0.25, -0.2) is 9.78 Å². The monoisotopic (exact) mass is 357 g/mol. The molecule has 138 valence electrons. The predicted octanol–water partition coefficient (Wildman–Crippen LogP) is 1.10. The molecule has 0 radical (unpaired) electrons. The van der Waals surface area contributed by atoms with Crippen molar-refractivity contribution in [1.82, 2.24) is 24.9 Å². The minimum absolute atomic E-state index is 0.266. The molecule has 2 aromatic rings. The molecule has 8 nitrogen and oxygen atoms in total. The lowest BCUT2D eigenvalue weighted by Crippen LogP contribution is -2.46. The van der Waals surface area contributed by atoms with E-state index in [1.165, 1.54) is 0 Å². The number of carbonyl (C=O) groups is 3. The summed E-state index contributed by atoms with van der Waals surface area (Å²) in [5.74, 6) is -0.691. The van der Waals surface area contributed by atoms with Crippen LogP contribution in [0.4, 0.5) is 4.79 Å². The Morgan fingerprint density at radius 1 is 1.27 bits per heavy atom. The Morgan fingerprint density at radius 3 is 2.69 bits per heavy atom. The highest BCUT2D eigenvalue weighted by Gasteiger charge is 2.49. The maximum atomic E-state index is 12.5. The summed E-state index contributed by atoms with van der Waals surface area (Å²) in [6.07, 6.45) is 5.40. The van der Waals surface area contributed by atoms with Crippen LogP contribution in [0.2, 0.25) is 0 Å². The van der Waals surface area contributed by atoms with E-state index in [2.05, 4.69) is 15.6 Å². The van der Waals surface area contributed by atoms with Gasteiger partial charge in [0.05, 0.1) is 5.69 Å². The molecule has 0 aliphatic carbocycles. The van der Waals surface area contributed by atoms with Crippen LogP contribution in [-0.4, -0.2) is 50.8 Å². The van der Waals surface area contributed by atoms with Gasteiger partial charge in [0.2, 0.25) is 5.91 Å². The number of nitrogens with zero attached hydrogens (tertiary/aromatic N) is 3. The Labute approximate surface area is 151 Å². The molecule has 2 aromatic heterocycles. The zero-order chi connectivity index (χ0) is 18.7. The van der Waals surface area contributed by atoms with Gasteiger partial charge in [-0.3, -0.25) is 14.5 Å². The lowest BCUT2D eigenvalue weighted by Gasteiger charge is -2.22. The number of amides is 4. The summed E-state index contributed by atoms with van der Waals surface area (Å²) in [6, 6.07) is 5.24. The highest BCUT2D eigenvalue weighted by molar-refractivity contribution is 6.08. The molecule has 8 heteroatoms. The number of imide groups is 1. The van der Waals surface area contributed by atoms with Crippen molar-refractivity contribution >= 4 is 23.5 Å². The SMILES string of the molecule is CCC1(CC)NC(=O)N(CC(=O)NCCc2cn3ccccc3n2)C1=O. The van der Waals surface area contributed by atoms with Crippen molar-refractivity contribution < 1.29 is 14.4 Å². The number of hydrogen-bond donors (Lipinski definition) is 2. The average Bonchev–Trinajstić information content (AvgIpc) is 3.15. The van der Waals surface area contributed by atoms with Crippen LogP contribution in [0.25, 0.3) is 5.65 Å². The van der Waals surface area contributed by atoms with E-state index in [9.17, 15) is 14.4 Å². The molecule has 3 heterocycles. The number of hydrogen-bond acceptors (Lipinski definition) is 4. The standard InChI is InChI=1S/C18H23N5O3/c1-3-18(4-2)16(25)23(17(26)21-18)12-15(24)19-9-8-13-11-22-10-6-5-7-14(22)20-13/h5-7,10-11H,3-4,8-9,12H2,1-2H3,(H,19,24)(H,21,26). The normalized spacial score (nSPS) is 16.2. The summed E-state index contributed by atoms with van der Waals surface area (Å²) in [6.45, 7) is 3.82. The van der Waals surface area contributed by atoms with E-state index >= 15 is 0 Å². The molecule has 1 aliphatic heterocycles. The Balaban J connectivity index is 1.52. The lowest BCUT2D eigenvalue weighted by atomic mass is 9.93. The molecular formula is C18H23N5O3. The van der Waals surface area contributed by atoms with Crippen molar-refractivity contribution in [2.45, 2.75) is 38.6 Å². The van der Waals surface area contributed by atoms with Crippen LogP contribution in [-0.2, 0) is 16.0 Å². The summed E-state index contributed by atoms with van der Waals surface area (Å²) < 4.78 is 1.92. The molecule has 0 saturated carbocycles. The molecule has 0 spiro atoms. The van der Waals surface area contributed by atoms with Gasteiger partial charge < -0.3 is 15.0 Å². The Hall–Kier alpha value is -2.90. The number of fused-ring (bicyclic) bond motifs is 1. The van der Waals surface area contributed by atoms with Gasteiger partial charge in [0.15, 0.2) is 0 Å². The first kappa shape index (κ1) is 17.9. The molecule has 2 N–H and O–H groups in total. The number of urea groups is 1. The second-order valence-electron chi connectivity index (χ2n) is 6.41. The summed E-state index contributed by atoms with van der Waals surface area (Å²) in [7, 11) is 0. The number of carbonyl (C=O) groups excluding carboxylic acids is 3. The fraction of sp³-hybridized carbons (Fsp3) is 0.444. The lowest BCUT2D eigenvalue weighted by molar-refractivity contribution is -0.135. The largest absolute Gasteiger partial charge is 0.354 e. The third-order valence-electron chi connectivity index (χ3n) is 4.87. The van der Waals surface area contributed by atoms with Gasteiger partial charge in [-0.15, -0.1) is 0 Å². The number of aromatic nitrogens is 2. The van der Waals surface area contributed by atoms with Crippen LogP contribution in [0.1, 0.15) is 32.4 Å². The molecule has 1 aliphatic rings. The molecular weight excluding hydrogens is 334 g/mol. The van der Waals surface area contributed by atoms with Crippen molar-refractivity contribution in [3.05, 3.63) is 36.3 Å². The third kappa shape index (κ3) is 3.26. The molecule has 3 rings (SSSR count). The van der Waals surface area contributed by atoms with Gasteiger partial charge in [0.1, 0.15) is 17.7 Å². The van der Waals surface area contributed by atoms with E-state index in [-0.39, 0.29) is 18.4 Å². The van der Waals surface area contributed by atoms with Gasteiger partial charge in [-0.1, -0.05) is 19.9 Å². The maximum absolute atomic E-state index is 12.5. The fourth-order valence-corrected chi connectivity index (χ4v) is 3.19. The first-order chi connectivity index (χ1) is 12.5. The summed E-state index contributed by atoms with van der Waals surface area (Å²) in [4.78, 5) is 42.1. The first-order valence-electron chi connectivity index (χ1n) is 8.82. The van der Waals surface area contributed by atoms with Gasteiger partial charge in [-0.05, 0) is 25.0 Å². The second kappa shape index (κ2) is 7.15. The number of imidazole rings is 1. The van der Waals surface area contributed by atoms with E-state index < -0.39 is 11.6 Å². The smallest absolute Gasteiger partial charge is 0.325 e. The van der Waals surface area contributed by atoms with Gasteiger partial charge in [-0.2, -0.15) is 0 Å². The quantitative estimate of drug-likeness (QED) is 0.726. The fourth-order valence-electron chi connectivity index (χ4n) is 3.19. The minimum atomic E-state index is -0.881. The van der Waals surface area contributed by atoms with Crippen LogP contribution in [0.3, 0.4) is 0 Å². The molecule has 0 aromatic carbocycles. The molecule has 4 amide bonds. The summed E-state index contributed by atoms with van der Waals surface area (Å²) in [5, 5.41) is 5.46. The highest BCUT2D eigenvalue weighted by Crippen LogP contribution is 2.24. The molecule has 0 unspecified atom stereocenters. The summed E-state index contributed by atoms with van der Waals surface area (Å²) >= 11 is 0. The van der Waals surface area contributed by atoms with E-state index in [1.807, 2.05) is 48.8 Å². The second-order valence-corrected chi connectivity index (χ2v) is 6.41. The molecule has 1 saturated heterocycles. The van der Waals surface area contributed by atoms with Crippen molar-refractivity contribution in [1.29, 1.82) is 0 Å². The topological polar surface area (TPSA) is 95.8 Å². The zero-order valence-corrected chi connectivity index (χ0v) is 15.0. The van der Waals surface area contributed by atoms with E-state index in [1.54, 1.807) is 0 Å². The molecule has 26 heavy (non-hydrogen) atoms. The van der Waals surface area contributed by atoms with Gasteiger partial charge in [0, 0.05) is 25.4 Å². The van der Waals surface area contributed by atoms with E-state index in [4.69, 9.17) is 0 Å². The highest BCUT2D eigenvalue weighted by atomic mass is 16.2. The predicted molar refractivity (Wildman–Crippen MR) is 95.5 cm³/mol. The van der Waals surface area contributed by atoms with Crippen LogP contribution in [0.5, 0.6) is 0 Å². The Bertz CT molecular complexity index is 807. The van der Waals surface area contributed by atoms with Crippen molar-refractivity contribution in [2.75, 3.05) is 13.1 Å². The molecule has 0 bridgehead atoms. The van der Waals surface area contributed by atoms with Crippen molar-refractivity contribution in [2.24, 2.45) is 0 Å². The molecule has 1 fully saturated rings. The minimum Gasteiger partial charge on any atom is -0.354 e. The number of rotatable bonds is 7. The van der Waals surface area contributed by atoms with Crippen LogP contribution in [0, 0.1) is 0 Å². The number of nitrogens with one attached hydrogen (secondary N) is 2. The average molecular weight is 357 g/mol. The Kier molecular flexibility index (Phi) is 4.92. The van der Waals surface area contributed by atoms with E-state index in [0.29, 0.717) is 25.8 Å². The third-order valence-corrected chi connectivity index (χ3v) is 4.87. The van der Waals surface area contributed by atoms with Gasteiger partial charge >= 0.3 is 6.03 Å². The Morgan fingerprint density at radius 2 is 2.04 bits per heavy atom. The van der Waals surface area contributed by atoms with Crippen molar-refractivity contribution in [3.8, 4) is 0 Å². The van der Waals surface area contributed by atoms with E-state index in [0.717, 1.165) is 16.2 Å². The number of pyridine rings is 1. The summed E-state index contributed by atoms with van der Waals surface area (Å²) in [5.41, 5.74) is 0.833. The maximum Gasteiger partial charge on any atom is 0.325 e. The van der Waals surface area contributed by atoms with Crippen LogP contribution in [0.15, 0.2) is 30.6 Å². The molecule has 0 atom stereocenters. The zero-order valence-electron chi connectivity index (χ0n) is 15.0. The van der Waals surface area contributed by atoms with Crippen LogP contribution >= 0.6 is 0 Å². The first-order valence-corrected chi connectivity index (χ1v) is 8.82. The van der Waals surface area contributed by atoms with Crippen LogP contribution < -0.4 is 10.6 Å². The van der Waals surface area contributed by atoms with Crippen molar-refractivity contribution in [3.63, 3.8) is 0 Å².